The summed E-state index contributed by atoms with van der Waals surface area (Å²) in [4.78, 5) is 13.9. The second-order valence-corrected chi connectivity index (χ2v) is 4.51. The molecular formula is C15H18N2O. The van der Waals surface area contributed by atoms with Crippen LogP contribution in [-0.4, -0.2) is 23.4 Å². The van der Waals surface area contributed by atoms with E-state index in [2.05, 4.69) is 6.58 Å². The summed E-state index contributed by atoms with van der Waals surface area (Å²) in [7, 11) is 0. The van der Waals surface area contributed by atoms with E-state index in [9.17, 15) is 4.79 Å². The van der Waals surface area contributed by atoms with Gasteiger partial charge in [0, 0.05) is 24.4 Å². The van der Waals surface area contributed by atoms with Gasteiger partial charge in [-0.3, -0.25) is 4.79 Å². The lowest BCUT2D eigenvalue weighted by Gasteiger charge is -2.18. The van der Waals surface area contributed by atoms with E-state index in [4.69, 9.17) is 5.73 Å². The Kier molecular flexibility index (Phi) is 3.82. The van der Waals surface area contributed by atoms with E-state index in [1.54, 1.807) is 18.2 Å². The minimum absolute atomic E-state index is 0.0415. The maximum atomic E-state index is 12.0. The average molecular weight is 242 g/mol. The zero-order chi connectivity index (χ0) is 13.0. The van der Waals surface area contributed by atoms with E-state index in [1.807, 2.05) is 29.2 Å². The number of hydrogen-bond acceptors (Lipinski definition) is 2. The summed E-state index contributed by atoms with van der Waals surface area (Å²) >= 11 is 0. The zero-order valence-electron chi connectivity index (χ0n) is 10.4. The Morgan fingerprint density at radius 1 is 1.50 bits per heavy atom. The standard InChI is InChI=1S/C15H18N2O/c1-2-10-17(14-7-8-14)15(18)9-6-12-4-3-5-13(16)11-12/h2-6,9,11,14H,1,7-8,10,16H2/b9-6+. The number of anilines is 1. The first-order chi connectivity index (χ1) is 8.70. The molecule has 2 rings (SSSR count). The molecule has 1 aromatic rings. The minimum Gasteiger partial charge on any atom is -0.399 e. The van der Waals surface area contributed by atoms with Crippen molar-refractivity contribution in [2.75, 3.05) is 12.3 Å². The smallest absolute Gasteiger partial charge is 0.247 e. The van der Waals surface area contributed by atoms with Gasteiger partial charge in [0.15, 0.2) is 0 Å². The van der Waals surface area contributed by atoms with Crippen molar-refractivity contribution in [3.05, 3.63) is 48.6 Å². The Labute approximate surface area is 108 Å². The van der Waals surface area contributed by atoms with Crippen molar-refractivity contribution in [1.82, 2.24) is 4.90 Å². The van der Waals surface area contributed by atoms with Crippen LogP contribution in [0, 0.1) is 0 Å². The van der Waals surface area contributed by atoms with Crippen molar-refractivity contribution in [2.45, 2.75) is 18.9 Å². The summed E-state index contributed by atoms with van der Waals surface area (Å²) in [6.07, 6.45) is 7.38. The van der Waals surface area contributed by atoms with Crippen molar-refractivity contribution in [3.8, 4) is 0 Å². The van der Waals surface area contributed by atoms with Crippen molar-refractivity contribution >= 4 is 17.7 Å². The van der Waals surface area contributed by atoms with E-state index < -0.39 is 0 Å². The molecule has 3 nitrogen and oxygen atoms in total. The molecule has 1 amide bonds. The highest BCUT2D eigenvalue weighted by Crippen LogP contribution is 2.27. The Morgan fingerprint density at radius 2 is 2.28 bits per heavy atom. The lowest BCUT2D eigenvalue weighted by atomic mass is 10.2. The minimum atomic E-state index is 0.0415. The van der Waals surface area contributed by atoms with E-state index in [-0.39, 0.29) is 5.91 Å². The Balaban J connectivity index is 2.03. The van der Waals surface area contributed by atoms with Crippen molar-refractivity contribution in [2.24, 2.45) is 0 Å². The number of hydrogen-bond donors (Lipinski definition) is 1. The third kappa shape index (κ3) is 3.23. The highest BCUT2D eigenvalue weighted by molar-refractivity contribution is 5.92. The summed E-state index contributed by atoms with van der Waals surface area (Å²) in [5, 5.41) is 0. The zero-order valence-corrected chi connectivity index (χ0v) is 10.4. The van der Waals surface area contributed by atoms with Gasteiger partial charge in [0.25, 0.3) is 0 Å². The molecular weight excluding hydrogens is 224 g/mol. The first kappa shape index (κ1) is 12.4. The molecule has 0 aromatic heterocycles. The fourth-order valence-corrected chi connectivity index (χ4v) is 1.87. The third-order valence-corrected chi connectivity index (χ3v) is 2.93. The van der Waals surface area contributed by atoms with Crippen LogP contribution >= 0.6 is 0 Å². The lowest BCUT2D eigenvalue weighted by molar-refractivity contribution is -0.125. The third-order valence-electron chi connectivity index (χ3n) is 2.93. The topological polar surface area (TPSA) is 46.3 Å². The SMILES string of the molecule is C=CCN(C(=O)/C=C/c1cccc(N)c1)C1CC1. The lowest BCUT2D eigenvalue weighted by Crippen LogP contribution is -2.31. The normalized spacial score (nSPS) is 14.7. The van der Waals surface area contributed by atoms with Crippen molar-refractivity contribution in [3.63, 3.8) is 0 Å². The molecule has 18 heavy (non-hydrogen) atoms. The maximum absolute atomic E-state index is 12.0. The van der Waals surface area contributed by atoms with Gasteiger partial charge in [-0.2, -0.15) is 0 Å². The van der Waals surface area contributed by atoms with Crippen LogP contribution in [-0.2, 0) is 4.79 Å². The molecule has 0 saturated heterocycles. The number of nitrogens with zero attached hydrogens (tertiary/aromatic N) is 1. The second-order valence-electron chi connectivity index (χ2n) is 4.51. The second kappa shape index (κ2) is 5.54. The molecule has 1 aromatic carbocycles. The molecule has 1 fully saturated rings. The van der Waals surface area contributed by atoms with Gasteiger partial charge in [-0.05, 0) is 36.6 Å². The molecule has 94 valence electrons. The van der Waals surface area contributed by atoms with Crippen LogP contribution in [0.5, 0.6) is 0 Å². The van der Waals surface area contributed by atoms with Crippen LogP contribution < -0.4 is 5.73 Å². The molecule has 0 atom stereocenters. The van der Waals surface area contributed by atoms with Gasteiger partial charge in [-0.25, -0.2) is 0 Å². The fourth-order valence-electron chi connectivity index (χ4n) is 1.87. The number of benzene rings is 1. The maximum Gasteiger partial charge on any atom is 0.247 e. The Hall–Kier alpha value is -2.03. The van der Waals surface area contributed by atoms with Gasteiger partial charge in [0.2, 0.25) is 5.91 Å². The number of nitrogens with two attached hydrogens (primary N) is 1. The molecule has 2 N–H and O–H groups in total. The van der Waals surface area contributed by atoms with Crippen molar-refractivity contribution in [1.29, 1.82) is 0 Å². The predicted octanol–water partition coefficient (Wildman–Crippen LogP) is 2.46. The first-order valence-corrected chi connectivity index (χ1v) is 6.16. The molecule has 1 saturated carbocycles. The predicted molar refractivity (Wildman–Crippen MR) is 74.8 cm³/mol. The Bertz CT molecular complexity index is 475. The van der Waals surface area contributed by atoms with Gasteiger partial charge >= 0.3 is 0 Å². The highest BCUT2D eigenvalue weighted by atomic mass is 16.2. The number of nitrogen functional groups attached to an aromatic ring is 1. The van der Waals surface area contributed by atoms with Gasteiger partial charge in [-0.15, -0.1) is 6.58 Å². The molecule has 0 aliphatic heterocycles. The van der Waals surface area contributed by atoms with E-state index in [0.29, 0.717) is 18.3 Å². The van der Waals surface area contributed by atoms with E-state index in [0.717, 1.165) is 18.4 Å². The van der Waals surface area contributed by atoms with Gasteiger partial charge < -0.3 is 10.6 Å². The van der Waals surface area contributed by atoms with Crippen LogP contribution in [0.2, 0.25) is 0 Å². The monoisotopic (exact) mass is 242 g/mol. The molecule has 0 radical (unpaired) electrons. The van der Waals surface area contributed by atoms with Gasteiger partial charge in [-0.1, -0.05) is 18.2 Å². The molecule has 0 spiro atoms. The summed E-state index contributed by atoms with van der Waals surface area (Å²) in [5.74, 6) is 0.0415. The largest absolute Gasteiger partial charge is 0.399 e. The number of amides is 1. The molecule has 0 unspecified atom stereocenters. The van der Waals surface area contributed by atoms with Gasteiger partial charge in [0.1, 0.15) is 0 Å². The quantitative estimate of drug-likeness (QED) is 0.490. The Morgan fingerprint density at radius 3 is 2.89 bits per heavy atom. The van der Waals surface area contributed by atoms with Crippen LogP contribution in [0.15, 0.2) is 43.0 Å². The highest BCUT2D eigenvalue weighted by Gasteiger charge is 2.30. The molecule has 1 aliphatic rings. The number of rotatable bonds is 5. The molecule has 1 aliphatic carbocycles. The molecule has 0 heterocycles. The molecule has 3 heteroatoms. The van der Waals surface area contributed by atoms with Crippen LogP contribution in [0.25, 0.3) is 6.08 Å². The van der Waals surface area contributed by atoms with Gasteiger partial charge in [0.05, 0.1) is 0 Å². The van der Waals surface area contributed by atoms with E-state index >= 15 is 0 Å². The summed E-state index contributed by atoms with van der Waals surface area (Å²) in [5.41, 5.74) is 7.33. The van der Waals surface area contributed by atoms with Crippen LogP contribution in [0.1, 0.15) is 18.4 Å². The summed E-state index contributed by atoms with van der Waals surface area (Å²) in [6, 6.07) is 7.88. The summed E-state index contributed by atoms with van der Waals surface area (Å²) < 4.78 is 0. The summed E-state index contributed by atoms with van der Waals surface area (Å²) in [6.45, 7) is 4.30. The van der Waals surface area contributed by atoms with Crippen LogP contribution in [0.3, 0.4) is 0 Å². The molecule has 0 bridgehead atoms. The number of carbonyl (C=O) groups excluding carboxylic acids is 1. The number of carbonyl (C=O) groups is 1. The average Bonchev–Trinajstić information content (AvgIpc) is 3.17. The fraction of sp³-hybridized carbons (Fsp3) is 0.267. The van der Waals surface area contributed by atoms with Crippen molar-refractivity contribution < 1.29 is 4.79 Å². The first-order valence-electron chi connectivity index (χ1n) is 6.16. The van der Waals surface area contributed by atoms with Crippen LogP contribution in [0.4, 0.5) is 5.69 Å². The van der Waals surface area contributed by atoms with E-state index in [1.165, 1.54) is 0 Å².